The molecule has 0 amide bonds. The molecule has 0 saturated heterocycles. The lowest BCUT2D eigenvalue weighted by atomic mass is 9.89. The summed E-state index contributed by atoms with van der Waals surface area (Å²) in [6.07, 6.45) is 0.783. The smallest absolute Gasteiger partial charge is 0.137 e. The molecule has 0 saturated carbocycles. The Morgan fingerprint density at radius 2 is 1.80 bits per heavy atom. The molecule has 0 aromatic heterocycles. The lowest BCUT2D eigenvalue weighted by molar-refractivity contribution is 0.481. The zero-order chi connectivity index (χ0) is 14.5. The van der Waals surface area contributed by atoms with Crippen molar-refractivity contribution >= 4 is 15.9 Å². The largest absolute Gasteiger partial charge is 0.316 e. The minimum atomic E-state index is -0.204. The maximum absolute atomic E-state index is 13.6. The Kier molecular flexibility index (Phi) is 5.32. The maximum Gasteiger partial charge on any atom is 0.137 e. The molecule has 0 radical (unpaired) electrons. The first-order valence-corrected chi connectivity index (χ1v) is 7.58. The van der Waals surface area contributed by atoms with Crippen LogP contribution >= 0.6 is 15.9 Å². The molecule has 2 aromatic carbocycles. The predicted molar refractivity (Wildman–Crippen MR) is 85.5 cm³/mol. The highest BCUT2D eigenvalue weighted by Crippen LogP contribution is 2.26. The average molecular weight is 336 g/mol. The fraction of sp³-hybridized carbons (Fsp3) is 0.294. The van der Waals surface area contributed by atoms with Gasteiger partial charge >= 0.3 is 0 Å². The molecule has 106 valence electrons. The fourth-order valence-electron chi connectivity index (χ4n) is 2.46. The number of nitrogens with one attached hydrogen (secondary N) is 1. The van der Waals surface area contributed by atoms with Crippen molar-refractivity contribution in [2.24, 2.45) is 0 Å². The molecule has 1 N–H and O–H groups in total. The van der Waals surface area contributed by atoms with Crippen molar-refractivity contribution in [3.8, 4) is 0 Å². The molecule has 2 atom stereocenters. The van der Waals surface area contributed by atoms with E-state index < -0.39 is 0 Å². The van der Waals surface area contributed by atoms with Gasteiger partial charge in [0.25, 0.3) is 0 Å². The first-order chi connectivity index (χ1) is 9.63. The van der Waals surface area contributed by atoms with Gasteiger partial charge in [0, 0.05) is 6.04 Å². The van der Waals surface area contributed by atoms with Gasteiger partial charge in [0.2, 0.25) is 0 Å². The van der Waals surface area contributed by atoms with Crippen molar-refractivity contribution in [3.63, 3.8) is 0 Å². The van der Waals surface area contributed by atoms with E-state index in [0.717, 1.165) is 12.0 Å². The van der Waals surface area contributed by atoms with E-state index in [1.54, 1.807) is 6.07 Å². The highest BCUT2D eigenvalue weighted by atomic mass is 79.9. The van der Waals surface area contributed by atoms with Crippen molar-refractivity contribution < 1.29 is 4.39 Å². The van der Waals surface area contributed by atoms with E-state index in [4.69, 9.17) is 0 Å². The molecule has 1 nitrogen and oxygen atoms in total. The van der Waals surface area contributed by atoms with Crippen LogP contribution in [0.5, 0.6) is 0 Å². The monoisotopic (exact) mass is 335 g/mol. The van der Waals surface area contributed by atoms with Gasteiger partial charge in [0.1, 0.15) is 5.82 Å². The fourth-order valence-corrected chi connectivity index (χ4v) is 2.89. The summed E-state index contributed by atoms with van der Waals surface area (Å²) in [5.41, 5.74) is 2.28. The molecule has 2 rings (SSSR count). The van der Waals surface area contributed by atoms with E-state index >= 15 is 0 Å². The summed E-state index contributed by atoms with van der Waals surface area (Å²) in [4.78, 5) is 0. The van der Waals surface area contributed by atoms with Crippen molar-refractivity contribution in [1.82, 2.24) is 5.32 Å². The molecule has 0 aliphatic carbocycles. The normalized spacial score (nSPS) is 14.0. The Balaban J connectivity index is 2.19. The summed E-state index contributed by atoms with van der Waals surface area (Å²) < 4.78 is 14.2. The maximum atomic E-state index is 13.6. The first-order valence-electron chi connectivity index (χ1n) is 6.78. The molecule has 0 fully saturated rings. The molecule has 2 unspecified atom stereocenters. The van der Waals surface area contributed by atoms with Gasteiger partial charge in [-0.15, -0.1) is 0 Å². The van der Waals surface area contributed by atoms with Gasteiger partial charge in [-0.2, -0.15) is 0 Å². The van der Waals surface area contributed by atoms with Crippen LogP contribution in [-0.2, 0) is 6.42 Å². The van der Waals surface area contributed by atoms with Gasteiger partial charge in [-0.1, -0.05) is 49.4 Å². The van der Waals surface area contributed by atoms with Crippen LogP contribution in [0, 0.1) is 5.82 Å². The molecule has 20 heavy (non-hydrogen) atoms. The zero-order valence-corrected chi connectivity index (χ0v) is 13.3. The molecular weight excluding hydrogens is 317 g/mol. The van der Waals surface area contributed by atoms with E-state index in [1.807, 2.05) is 19.2 Å². The third-order valence-corrected chi connectivity index (χ3v) is 4.66. The molecule has 0 aliphatic rings. The number of likely N-dealkylation sites (N-methyl/N-ethyl adjacent to an activating group) is 1. The highest BCUT2D eigenvalue weighted by molar-refractivity contribution is 9.10. The Bertz CT molecular complexity index is 556. The average Bonchev–Trinajstić information content (AvgIpc) is 2.49. The quantitative estimate of drug-likeness (QED) is 0.846. The second-order valence-electron chi connectivity index (χ2n) is 5.01. The molecule has 0 bridgehead atoms. The van der Waals surface area contributed by atoms with E-state index in [-0.39, 0.29) is 11.9 Å². The molecule has 0 aliphatic heterocycles. The third kappa shape index (κ3) is 3.47. The van der Waals surface area contributed by atoms with Crippen LogP contribution in [0.1, 0.15) is 24.0 Å². The minimum Gasteiger partial charge on any atom is -0.316 e. The Labute approximate surface area is 128 Å². The van der Waals surface area contributed by atoms with Gasteiger partial charge in [-0.05, 0) is 52.5 Å². The number of halogens is 2. The van der Waals surface area contributed by atoms with Gasteiger partial charge in [0.15, 0.2) is 0 Å². The number of hydrogen-bond acceptors (Lipinski definition) is 1. The summed E-state index contributed by atoms with van der Waals surface area (Å²) in [7, 11) is 1.96. The molecule has 0 spiro atoms. The number of rotatable bonds is 5. The van der Waals surface area contributed by atoms with Crippen LogP contribution in [0.15, 0.2) is 53.0 Å². The third-order valence-electron chi connectivity index (χ3n) is 3.77. The van der Waals surface area contributed by atoms with E-state index in [1.165, 1.54) is 11.6 Å². The predicted octanol–water partition coefficient (Wildman–Crippen LogP) is 4.52. The summed E-state index contributed by atoms with van der Waals surface area (Å²) in [5, 5.41) is 3.35. The summed E-state index contributed by atoms with van der Waals surface area (Å²) in [6.45, 7) is 2.20. The Morgan fingerprint density at radius 1 is 1.10 bits per heavy atom. The molecular formula is C17H19BrFN. The van der Waals surface area contributed by atoms with E-state index in [9.17, 15) is 4.39 Å². The van der Waals surface area contributed by atoms with Crippen molar-refractivity contribution in [1.29, 1.82) is 0 Å². The summed E-state index contributed by atoms with van der Waals surface area (Å²) in [6, 6.07) is 15.9. The molecule has 0 heterocycles. The van der Waals surface area contributed by atoms with Crippen LogP contribution in [0.2, 0.25) is 0 Å². The van der Waals surface area contributed by atoms with Gasteiger partial charge in [0.05, 0.1) is 4.47 Å². The van der Waals surface area contributed by atoms with E-state index in [2.05, 4.69) is 52.4 Å². The number of hydrogen-bond donors (Lipinski definition) is 1. The second kappa shape index (κ2) is 7.00. The molecule has 3 heteroatoms. The van der Waals surface area contributed by atoms with Crippen LogP contribution in [0.25, 0.3) is 0 Å². The van der Waals surface area contributed by atoms with Crippen LogP contribution in [-0.4, -0.2) is 13.1 Å². The van der Waals surface area contributed by atoms with Crippen molar-refractivity contribution in [3.05, 3.63) is 69.9 Å². The summed E-state index contributed by atoms with van der Waals surface area (Å²) in [5.74, 6) is 0.154. The first kappa shape index (κ1) is 15.2. The minimum absolute atomic E-state index is 0.204. The second-order valence-corrected chi connectivity index (χ2v) is 5.80. The lowest BCUT2D eigenvalue weighted by Crippen LogP contribution is -2.33. The summed E-state index contributed by atoms with van der Waals surface area (Å²) >= 11 is 3.34. The van der Waals surface area contributed by atoms with Gasteiger partial charge in [-0.3, -0.25) is 0 Å². The topological polar surface area (TPSA) is 12.0 Å². The SMILES string of the molecule is CNC(Cc1cccc(F)c1Br)C(C)c1ccccc1. The Hall–Kier alpha value is -1.19. The lowest BCUT2D eigenvalue weighted by Gasteiger charge is -2.24. The molecule has 2 aromatic rings. The van der Waals surface area contributed by atoms with Crippen LogP contribution < -0.4 is 5.32 Å². The van der Waals surface area contributed by atoms with Crippen LogP contribution in [0.3, 0.4) is 0 Å². The number of benzene rings is 2. The Morgan fingerprint density at radius 3 is 2.45 bits per heavy atom. The van der Waals surface area contributed by atoms with E-state index in [0.29, 0.717) is 10.4 Å². The highest BCUT2D eigenvalue weighted by Gasteiger charge is 2.19. The van der Waals surface area contributed by atoms with Gasteiger partial charge in [-0.25, -0.2) is 4.39 Å². The van der Waals surface area contributed by atoms with Crippen molar-refractivity contribution in [2.45, 2.75) is 25.3 Å². The van der Waals surface area contributed by atoms with Crippen LogP contribution in [0.4, 0.5) is 4.39 Å². The van der Waals surface area contributed by atoms with Gasteiger partial charge < -0.3 is 5.32 Å². The zero-order valence-electron chi connectivity index (χ0n) is 11.7. The standard InChI is InChI=1S/C17H19BrFN/c1-12(13-7-4-3-5-8-13)16(20-2)11-14-9-6-10-15(19)17(14)18/h3-10,12,16,20H,11H2,1-2H3. The van der Waals surface area contributed by atoms with Crippen molar-refractivity contribution in [2.75, 3.05) is 7.05 Å².